The van der Waals surface area contributed by atoms with Crippen molar-refractivity contribution in [1.82, 2.24) is 15.0 Å². The number of halogens is 4. The molecule has 3 heterocycles. The molecule has 2 aromatic heterocycles. The first kappa shape index (κ1) is 24.1. The minimum Gasteiger partial charge on any atom is -0.493 e. The molecule has 2 aromatic carbocycles. The highest BCUT2D eigenvalue weighted by Gasteiger charge is 2.33. The first-order chi connectivity index (χ1) is 17.1. The first-order valence-corrected chi connectivity index (χ1v) is 12.9. The van der Waals surface area contributed by atoms with Crippen LogP contribution in [0.5, 0.6) is 5.75 Å². The third kappa shape index (κ3) is 4.75. The van der Waals surface area contributed by atoms with Gasteiger partial charge in [-0.3, -0.25) is 0 Å². The lowest BCUT2D eigenvalue weighted by atomic mass is 9.83. The number of anilines is 1. The number of hydrogen-bond donors (Lipinski definition) is 1. The Kier molecular flexibility index (Phi) is 6.12. The molecule has 7 nitrogen and oxygen atoms in total. The number of alkyl halides is 3. The highest BCUT2D eigenvalue weighted by Crippen LogP contribution is 2.44. The summed E-state index contributed by atoms with van der Waals surface area (Å²) in [4.78, 5) is 11.3. The Labute approximate surface area is 206 Å². The molecule has 0 radical (unpaired) electrons. The number of sulfonamides is 1. The number of nitrogens with zero attached hydrogens (tertiary/aromatic N) is 3. The topological polar surface area (TPSA) is 94.1 Å². The lowest BCUT2D eigenvalue weighted by Gasteiger charge is -2.28. The van der Waals surface area contributed by atoms with Crippen LogP contribution in [0, 0.1) is 5.82 Å². The minimum absolute atomic E-state index is 0.137. The van der Waals surface area contributed by atoms with Crippen molar-refractivity contribution >= 4 is 27.3 Å². The molecule has 0 aliphatic carbocycles. The van der Waals surface area contributed by atoms with Crippen LogP contribution in [-0.4, -0.2) is 30.0 Å². The molecule has 0 fully saturated rings. The number of fused-ring (bicyclic) bond motifs is 1. The van der Waals surface area contributed by atoms with Crippen LogP contribution in [0.3, 0.4) is 0 Å². The van der Waals surface area contributed by atoms with Gasteiger partial charge in [0.25, 0.3) is 10.0 Å². The molecule has 0 spiro atoms. The quantitative estimate of drug-likeness (QED) is 0.340. The van der Waals surface area contributed by atoms with Crippen LogP contribution < -0.4 is 9.46 Å². The van der Waals surface area contributed by atoms with Crippen LogP contribution in [-0.2, 0) is 16.2 Å². The molecule has 1 atom stereocenters. The summed E-state index contributed by atoms with van der Waals surface area (Å²) in [5, 5.41) is 2.14. The smallest absolute Gasteiger partial charge is 0.416 e. The second-order valence-corrected chi connectivity index (χ2v) is 10.4. The zero-order valence-electron chi connectivity index (χ0n) is 18.2. The van der Waals surface area contributed by atoms with Crippen LogP contribution in [0.4, 0.5) is 23.5 Å². The highest BCUT2D eigenvalue weighted by atomic mass is 32.2. The van der Waals surface area contributed by atoms with Gasteiger partial charge in [0.2, 0.25) is 5.95 Å². The molecule has 0 saturated heterocycles. The Hall–Kier alpha value is -3.58. The van der Waals surface area contributed by atoms with Gasteiger partial charge >= 0.3 is 6.18 Å². The molecule has 0 saturated carbocycles. The second kappa shape index (κ2) is 9.13. The fraction of sp³-hybridized carbons (Fsp3) is 0.174. The van der Waals surface area contributed by atoms with Crippen LogP contribution in [0.2, 0.25) is 0 Å². The number of ether oxygens (including phenoxy) is 1. The van der Waals surface area contributed by atoms with Crippen LogP contribution in [0.25, 0.3) is 10.6 Å². The van der Waals surface area contributed by atoms with E-state index < -0.39 is 27.6 Å². The molecule has 186 valence electrons. The average molecular weight is 537 g/mol. The normalized spacial score (nSPS) is 15.7. The summed E-state index contributed by atoms with van der Waals surface area (Å²) in [5.74, 6) is -1.07. The number of rotatable bonds is 5. The van der Waals surface area contributed by atoms with Gasteiger partial charge in [-0.2, -0.15) is 13.2 Å². The maximum Gasteiger partial charge on any atom is 0.416 e. The largest absolute Gasteiger partial charge is 0.493 e. The molecule has 13 heteroatoms. The number of hydrogen-bond acceptors (Lipinski definition) is 7. The maximum absolute atomic E-state index is 13.4. The molecule has 1 N–H and O–H groups in total. The Morgan fingerprint density at radius 3 is 2.47 bits per heavy atom. The van der Waals surface area contributed by atoms with Crippen molar-refractivity contribution in [2.24, 2.45) is 0 Å². The first-order valence-electron chi connectivity index (χ1n) is 10.5. The van der Waals surface area contributed by atoms with Gasteiger partial charge in [0.15, 0.2) is 5.82 Å². The zero-order valence-corrected chi connectivity index (χ0v) is 19.8. The lowest BCUT2D eigenvalue weighted by Crippen LogP contribution is -2.19. The Morgan fingerprint density at radius 1 is 1.03 bits per heavy atom. The molecule has 1 aliphatic rings. The van der Waals surface area contributed by atoms with E-state index >= 15 is 0 Å². The predicted molar refractivity (Wildman–Crippen MR) is 124 cm³/mol. The Morgan fingerprint density at radius 2 is 1.78 bits per heavy atom. The van der Waals surface area contributed by atoms with Crippen LogP contribution in [0.1, 0.15) is 29.0 Å². The Bertz CT molecular complexity index is 1510. The minimum atomic E-state index is -4.51. The van der Waals surface area contributed by atoms with Crippen molar-refractivity contribution < 1.29 is 30.7 Å². The van der Waals surface area contributed by atoms with E-state index in [2.05, 4.69) is 19.7 Å². The fourth-order valence-electron chi connectivity index (χ4n) is 3.98. The second-order valence-electron chi connectivity index (χ2n) is 7.86. The molecular formula is C23H16F4N4O3S2. The monoisotopic (exact) mass is 536 g/mol. The third-order valence-electron chi connectivity index (χ3n) is 5.60. The van der Waals surface area contributed by atoms with E-state index in [0.29, 0.717) is 33.9 Å². The molecular weight excluding hydrogens is 520 g/mol. The summed E-state index contributed by atoms with van der Waals surface area (Å²) < 4.78 is 86.8. The van der Waals surface area contributed by atoms with Gasteiger partial charge in [-0.15, -0.1) is 11.3 Å². The molecule has 0 bridgehead atoms. The Balaban J connectivity index is 1.53. The number of benzene rings is 2. The van der Waals surface area contributed by atoms with Gasteiger partial charge in [-0.05, 0) is 30.2 Å². The summed E-state index contributed by atoms with van der Waals surface area (Å²) in [6.07, 6.45) is -0.852. The van der Waals surface area contributed by atoms with E-state index in [1.165, 1.54) is 35.7 Å². The van der Waals surface area contributed by atoms with Gasteiger partial charge in [0.1, 0.15) is 10.8 Å². The molecule has 1 aliphatic heterocycles. The zero-order chi connectivity index (χ0) is 25.5. The summed E-state index contributed by atoms with van der Waals surface area (Å²) in [5.41, 5.74) is 0.857. The van der Waals surface area contributed by atoms with E-state index in [0.717, 1.165) is 24.5 Å². The SMILES string of the molecule is O=S(=O)(Nc1ncc(F)cn1)c1ccc2c(c1)OCCC2c1ccc(C(F)(F)F)cc1-c1nccs1. The summed E-state index contributed by atoms with van der Waals surface area (Å²) in [7, 11) is -4.12. The number of thiazole rings is 1. The van der Waals surface area contributed by atoms with Crippen molar-refractivity contribution in [3.05, 3.63) is 82.9 Å². The molecule has 4 aromatic rings. The molecule has 0 amide bonds. The van der Waals surface area contributed by atoms with Crippen molar-refractivity contribution in [2.75, 3.05) is 11.3 Å². The third-order valence-corrected chi connectivity index (χ3v) is 7.73. The fourth-order valence-corrected chi connectivity index (χ4v) is 5.63. The standard InChI is InChI=1S/C23H16F4N4O3S2/c24-14-11-29-22(30-12-14)31-36(32,33)15-2-4-18-17(5-7-34-20(18)10-15)16-3-1-13(23(25,26)27)9-19(16)21-28-6-8-35-21/h1-4,6,8-12,17H,5,7H2,(H,29,30,31). The number of nitrogens with one attached hydrogen (secondary N) is 1. The summed E-state index contributed by atoms with van der Waals surface area (Å²) in [6, 6.07) is 7.84. The summed E-state index contributed by atoms with van der Waals surface area (Å²) >= 11 is 1.23. The number of aromatic nitrogens is 3. The maximum atomic E-state index is 13.4. The highest BCUT2D eigenvalue weighted by molar-refractivity contribution is 7.92. The van der Waals surface area contributed by atoms with Gasteiger partial charge < -0.3 is 4.74 Å². The van der Waals surface area contributed by atoms with Crippen LogP contribution >= 0.6 is 11.3 Å². The average Bonchev–Trinajstić information content (AvgIpc) is 3.39. The van der Waals surface area contributed by atoms with Crippen molar-refractivity contribution in [1.29, 1.82) is 0 Å². The molecule has 1 unspecified atom stereocenters. The van der Waals surface area contributed by atoms with Gasteiger partial charge in [0, 0.05) is 34.7 Å². The van der Waals surface area contributed by atoms with Crippen molar-refractivity contribution in [3.63, 3.8) is 0 Å². The van der Waals surface area contributed by atoms with E-state index in [4.69, 9.17) is 4.74 Å². The van der Waals surface area contributed by atoms with Gasteiger partial charge in [-0.1, -0.05) is 12.1 Å². The predicted octanol–water partition coefficient (Wildman–Crippen LogP) is 5.47. The van der Waals surface area contributed by atoms with E-state index in [9.17, 15) is 26.0 Å². The van der Waals surface area contributed by atoms with Gasteiger partial charge in [0.05, 0.1) is 29.5 Å². The summed E-state index contributed by atoms with van der Waals surface area (Å²) in [6.45, 7) is 0.230. The molecule has 5 rings (SSSR count). The molecule has 36 heavy (non-hydrogen) atoms. The van der Waals surface area contributed by atoms with Crippen molar-refractivity contribution in [3.8, 4) is 16.3 Å². The van der Waals surface area contributed by atoms with E-state index in [1.807, 2.05) is 0 Å². The van der Waals surface area contributed by atoms with Crippen LogP contribution in [0.15, 0.2) is 65.3 Å². The van der Waals surface area contributed by atoms with Gasteiger partial charge in [-0.25, -0.2) is 32.5 Å². The van der Waals surface area contributed by atoms with E-state index in [1.54, 1.807) is 11.4 Å². The van der Waals surface area contributed by atoms with E-state index in [-0.39, 0.29) is 23.4 Å². The van der Waals surface area contributed by atoms with Crippen molar-refractivity contribution in [2.45, 2.75) is 23.4 Å². The lowest BCUT2D eigenvalue weighted by molar-refractivity contribution is -0.137.